The van der Waals surface area contributed by atoms with Crippen molar-refractivity contribution in [3.8, 4) is 0 Å². The Hall–Kier alpha value is -1.81. The molecule has 4 aliphatic rings. The number of hydrogen-bond acceptors (Lipinski definition) is 2. The van der Waals surface area contributed by atoms with Crippen LogP contribution in [0.25, 0.3) is 10.9 Å². The number of carbonyl (C=O) groups excluding carboxylic acids is 1. The number of aromatic nitrogens is 1. The number of fused-ring (bicyclic) bond motifs is 2. The quantitative estimate of drug-likeness (QED) is 0.877. The number of hydrogen-bond donors (Lipinski definition) is 1. The topological polar surface area (TPSA) is 39.3 Å². The fourth-order valence-corrected chi connectivity index (χ4v) is 4.89. The first kappa shape index (κ1) is 12.7. The van der Waals surface area contributed by atoms with Gasteiger partial charge in [0.1, 0.15) is 0 Å². The Morgan fingerprint density at radius 3 is 2.86 bits per heavy atom. The van der Waals surface area contributed by atoms with Crippen LogP contribution in [0, 0.1) is 11.8 Å². The molecule has 4 nitrogen and oxygen atoms in total. The summed E-state index contributed by atoms with van der Waals surface area (Å²) in [4.78, 5) is 21.0. The molecule has 4 fully saturated rings. The summed E-state index contributed by atoms with van der Waals surface area (Å²) in [5, 5.41) is 1.12. The molecule has 1 N–H and O–H groups in total. The molecule has 0 radical (unpaired) electrons. The molecule has 1 aromatic carbocycles. The van der Waals surface area contributed by atoms with Crippen molar-refractivity contribution in [1.29, 1.82) is 0 Å². The molecule has 6 rings (SSSR count). The highest BCUT2D eigenvalue weighted by molar-refractivity contribution is 5.98. The second kappa shape index (κ2) is 4.59. The number of amides is 1. The summed E-state index contributed by atoms with van der Waals surface area (Å²) in [6.07, 6.45) is 4.44. The standard InChI is InChI=1S/C18H21N3O/c22-18(15-1-2-17-14(7-15)3-4-19-17)21-10-13-5-12-6-16(21)11-20(8-12)9-13/h1-4,7,12-13,16,19H,5-6,8-11H2. The third-order valence-electron chi connectivity index (χ3n) is 5.73. The Labute approximate surface area is 130 Å². The van der Waals surface area contributed by atoms with Crippen LogP contribution in [0.4, 0.5) is 0 Å². The van der Waals surface area contributed by atoms with Crippen molar-refractivity contribution >= 4 is 16.8 Å². The molecular formula is C18H21N3O. The van der Waals surface area contributed by atoms with Crippen LogP contribution < -0.4 is 0 Å². The summed E-state index contributed by atoms with van der Waals surface area (Å²) in [6.45, 7) is 4.46. The first-order valence-corrected chi connectivity index (χ1v) is 8.37. The molecule has 4 bridgehead atoms. The monoisotopic (exact) mass is 295 g/mol. The molecule has 4 unspecified atom stereocenters. The van der Waals surface area contributed by atoms with Crippen molar-refractivity contribution < 1.29 is 4.79 Å². The number of H-pyrrole nitrogens is 1. The maximum Gasteiger partial charge on any atom is 0.254 e. The van der Waals surface area contributed by atoms with Crippen LogP contribution in [0.2, 0.25) is 0 Å². The van der Waals surface area contributed by atoms with Crippen molar-refractivity contribution in [2.75, 3.05) is 26.2 Å². The lowest BCUT2D eigenvalue weighted by molar-refractivity contribution is 0.0573. The maximum atomic E-state index is 13.1. The summed E-state index contributed by atoms with van der Waals surface area (Å²) in [5.74, 6) is 1.70. The zero-order valence-electron chi connectivity index (χ0n) is 12.7. The summed E-state index contributed by atoms with van der Waals surface area (Å²) in [7, 11) is 0. The maximum absolute atomic E-state index is 13.1. The Bertz CT molecular complexity index is 723. The van der Waals surface area contributed by atoms with Crippen LogP contribution in [0.3, 0.4) is 0 Å². The van der Waals surface area contributed by atoms with Gasteiger partial charge in [0, 0.05) is 54.9 Å². The van der Waals surface area contributed by atoms with Gasteiger partial charge in [-0.2, -0.15) is 0 Å². The number of carbonyl (C=O) groups is 1. The molecule has 4 heteroatoms. The lowest BCUT2D eigenvalue weighted by Gasteiger charge is -2.41. The third-order valence-corrected chi connectivity index (χ3v) is 5.73. The van der Waals surface area contributed by atoms with Gasteiger partial charge in [0.25, 0.3) is 5.91 Å². The number of aromatic amines is 1. The van der Waals surface area contributed by atoms with Crippen LogP contribution in [-0.4, -0.2) is 52.9 Å². The predicted octanol–water partition coefficient (Wildman–Crippen LogP) is 2.33. The fourth-order valence-electron chi connectivity index (χ4n) is 4.89. The molecule has 0 saturated carbocycles. The van der Waals surface area contributed by atoms with Crippen molar-refractivity contribution in [2.24, 2.45) is 11.8 Å². The molecule has 114 valence electrons. The Balaban J connectivity index is 1.49. The number of benzene rings is 1. The van der Waals surface area contributed by atoms with Gasteiger partial charge in [0.05, 0.1) is 0 Å². The van der Waals surface area contributed by atoms with Gasteiger partial charge >= 0.3 is 0 Å². The van der Waals surface area contributed by atoms with Crippen LogP contribution in [0.1, 0.15) is 23.2 Å². The zero-order valence-corrected chi connectivity index (χ0v) is 12.7. The highest BCUT2D eigenvalue weighted by atomic mass is 16.2. The van der Waals surface area contributed by atoms with Gasteiger partial charge in [-0.3, -0.25) is 4.79 Å². The number of piperidine rings is 2. The molecule has 22 heavy (non-hydrogen) atoms. The molecule has 2 aromatic rings. The van der Waals surface area contributed by atoms with Gasteiger partial charge in [-0.15, -0.1) is 0 Å². The predicted molar refractivity (Wildman–Crippen MR) is 85.8 cm³/mol. The normalized spacial score (nSPS) is 33.4. The molecular weight excluding hydrogens is 274 g/mol. The summed E-state index contributed by atoms with van der Waals surface area (Å²) >= 11 is 0. The van der Waals surface area contributed by atoms with E-state index in [-0.39, 0.29) is 5.91 Å². The van der Waals surface area contributed by atoms with E-state index in [9.17, 15) is 4.79 Å². The molecule has 5 heterocycles. The number of rotatable bonds is 1. The van der Waals surface area contributed by atoms with E-state index in [1.807, 2.05) is 30.5 Å². The van der Waals surface area contributed by atoms with E-state index >= 15 is 0 Å². The van der Waals surface area contributed by atoms with Crippen molar-refractivity contribution in [3.05, 3.63) is 36.0 Å². The first-order valence-electron chi connectivity index (χ1n) is 8.37. The second-order valence-corrected chi connectivity index (χ2v) is 7.31. The SMILES string of the molecule is O=C(c1ccc2[nH]ccc2c1)N1CC2CC3CC1CN(C3)C2. The second-order valence-electron chi connectivity index (χ2n) is 7.31. The minimum Gasteiger partial charge on any atom is -0.361 e. The highest BCUT2D eigenvalue weighted by Gasteiger charge is 2.43. The van der Waals surface area contributed by atoms with Gasteiger partial charge in [-0.1, -0.05) is 0 Å². The number of nitrogens with zero attached hydrogens (tertiary/aromatic N) is 2. The average molecular weight is 295 g/mol. The summed E-state index contributed by atoms with van der Waals surface area (Å²) in [6, 6.07) is 8.48. The van der Waals surface area contributed by atoms with Crippen molar-refractivity contribution in [3.63, 3.8) is 0 Å². The van der Waals surface area contributed by atoms with Crippen LogP contribution in [0.15, 0.2) is 30.5 Å². The van der Waals surface area contributed by atoms with E-state index < -0.39 is 0 Å². The molecule has 1 aromatic heterocycles. The Morgan fingerprint density at radius 2 is 1.95 bits per heavy atom. The Morgan fingerprint density at radius 1 is 1.05 bits per heavy atom. The molecule has 0 spiro atoms. The average Bonchev–Trinajstić information content (AvgIpc) is 2.89. The molecule has 4 aliphatic heterocycles. The smallest absolute Gasteiger partial charge is 0.254 e. The van der Waals surface area contributed by atoms with Gasteiger partial charge < -0.3 is 14.8 Å². The van der Waals surface area contributed by atoms with Gasteiger partial charge in [-0.05, 0) is 48.9 Å². The van der Waals surface area contributed by atoms with Crippen LogP contribution in [-0.2, 0) is 0 Å². The molecule has 4 atom stereocenters. The zero-order chi connectivity index (χ0) is 14.7. The van der Waals surface area contributed by atoms with Crippen LogP contribution >= 0.6 is 0 Å². The van der Waals surface area contributed by atoms with Gasteiger partial charge in [0.15, 0.2) is 0 Å². The lowest BCUT2D eigenvalue weighted by atomic mass is 9.84. The highest BCUT2D eigenvalue weighted by Crippen LogP contribution is 2.37. The van der Waals surface area contributed by atoms with E-state index in [0.29, 0.717) is 12.0 Å². The van der Waals surface area contributed by atoms with Gasteiger partial charge in [-0.25, -0.2) is 0 Å². The fraction of sp³-hybridized carbons (Fsp3) is 0.500. The van der Waals surface area contributed by atoms with E-state index in [4.69, 9.17) is 0 Å². The first-order chi connectivity index (χ1) is 10.8. The third kappa shape index (κ3) is 1.90. The molecule has 4 saturated heterocycles. The minimum atomic E-state index is 0.225. The number of nitrogens with one attached hydrogen (secondary N) is 1. The van der Waals surface area contributed by atoms with Crippen molar-refractivity contribution in [2.45, 2.75) is 18.9 Å². The van der Waals surface area contributed by atoms with Crippen molar-refractivity contribution in [1.82, 2.24) is 14.8 Å². The van der Waals surface area contributed by atoms with E-state index in [1.54, 1.807) is 0 Å². The summed E-state index contributed by atoms with van der Waals surface area (Å²) in [5.41, 5.74) is 1.93. The molecule has 1 amide bonds. The van der Waals surface area contributed by atoms with Gasteiger partial charge in [0.2, 0.25) is 0 Å². The van der Waals surface area contributed by atoms with E-state index in [2.05, 4.69) is 14.8 Å². The Kier molecular flexibility index (Phi) is 2.65. The minimum absolute atomic E-state index is 0.225. The largest absolute Gasteiger partial charge is 0.361 e. The van der Waals surface area contributed by atoms with Crippen LogP contribution in [0.5, 0.6) is 0 Å². The summed E-state index contributed by atoms with van der Waals surface area (Å²) < 4.78 is 0. The lowest BCUT2D eigenvalue weighted by Crippen LogP contribution is -2.50. The van der Waals surface area contributed by atoms with E-state index in [0.717, 1.165) is 35.5 Å². The van der Waals surface area contributed by atoms with E-state index in [1.165, 1.54) is 25.9 Å². The molecule has 0 aliphatic carbocycles.